The highest BCUT2D eigenvalue weighted by atomic mass is 16.3. The number of aliphatic hydroxyl groups is 1. The normalized spacial score (nSPS) is 18.1. The second-order valence-electron chi connectivity index (χ2n) is 6.12. The summed E-state index contributed by atoms with van der Waals surface area (Å²) in [5.41, 5.74) is 0.907. The number of nitrogens with zero attached hydrogens (tertiary/aromatic N) is 1. The van der Waals surface area contributed by atoms with Crippen LogP contribution in [0.1, 0.15) is 44.3 Å². The highest BCUT2D eigenvalue weighted by Crippen LogP contribution is 2.18. The maximum absolute atomic E-state index is 12.2. The first-order valence-corrected chi connectivity index (χ1v) is 8.43. The van der Waals surface area contributed by atoms with Crippen molar-refractivity contribution in [3.8, 4) is 0 Å². The van der Waals surface area contributed by atoms with Crippen LogP contribution in [0.5, 0.6) is 0 Å². The Labute approximate surface area is 133 Å². The van der Waals surface area contributed by atoms with E-state index in [1.807, 2.05) is 30.3 Å². The van der Waals surface area contributed by atoms with Crippen molar-refractivity contribution in [1.82, 2.24) is 10.2 Å². The zero-order valence-corrected chi connectivity index (χ0v) is 13.5. The van der Waals surface area contributed by atoms with Gasteiger partial charge in [-0.15, -0.1) is 0 Å². The summed E-state index contributed by atoms with van der Waals surface area (Å²) in [7, 11) is 0. The van der Waals surface area contributed by atoms with Crippen molar-refractivity contribution in [2.24, 2.45) is 5.92 Å². The fraction of sp³-hybridized carbons (Fsp3) is 0.611. The number of nitrogens with one attached hydrogen (secondary N) is 1. The summed E-state index contributed by atoms with van der Waals surface area (Å²) in [6, 6.07) is 9.59. The van der Waals surface area contributed by atoms with Gasteiger partial charge in [0.1, 0.15) is 0 Å². The predicted octanol–water partition coefficient (Wildman–Crippen LogP) is 2.35. The van der Waals surface area contributed by atoms with Gasteiger partial charge < -0.3 is 15.3 Å². The van der Waals surface area contributed by atoms with Crippen LogP contribution < -0.4 is 5.32 Å². The molecule has 0 aliphatic carbocycles. The minimum atomic E-state index is -0.507. The molecular weight excluding hydrogens is 276 g/mol. The molecule has 0 saturated carbocycles. The number of hydrogen-bond donors (Lipinski definition) is 2. The zero-order chi connectivity index (χ0) is 15.8. The molecule has 1 aliphatic rings. The number of carbonyl (C=O) groups excluding carboxylic acids is 1. The molecule has 1 amide bonds. The maximum Gasteiger partial charge on any atom is 0.223 e. The monoisotopic (exact) mass is 304 g/mol. The van der Waals surface area contributed by atoms with Crippen LogP contribution in [0.15, 0.2) is 30.3 Å². The number of amides is 1. The highest BCUT2D eigenvalue weighted by molar-refractivity contribution is 5.78. The van der Waals surface area contributed by atoms with Crippen molar-refractivity contribution in [2.75, 3.05) is 26.2 Å². The van der Waals surface area contributed by atoms with E-state index in [0.717, 1.165) is 38.0 Å². The Morgan fingerprint density at radius 1 is 1.32 bits per heavy atom. The van der Waals surface area contributed by atoms with Crippen molar-refractivity contribution in [1.29, 1.82) is 0 Å². The number of rotatable bonds is 7. The van der Waals surface area contributed by atoms with E-state index in [-0.39, 0.29) is 11.8 Å². The molecule has 0 bridgehead atoms. The average Bonchev–Trinajstić information content (AvgIpc) is 2.56. The molecule has 1 heterocycles. The number of benzene rings is 1. The van der Waals surface area contributed by atoms with Gasteiger partial charge in [0.05, 0.1) is 6.10 Å². The number of likely N-dealkylation sites (tertiary alicyclic amines) is 1. The van der Waals surface area contributed by atoms with Gasteiger partial charge in [-0.05, 0) is 50.9 Å². The highest BCUT2D eigenvalue weighted by Gasteiger charge is 2.24. The topological polar surface area (TPSA) is 52.6 Å². The largest absolute Gasteiger partial charge is 0.388 e. The number of piperidine rings is 1. The summed E-state index contributed by atoms with van der Waals surface area (Å²) >= 11 is 0. The van der Waals surface area contributed by atoms with Crippen LogP contribution in [0.4, 0.5) is 0 Å². The molecule has 4 nitrogen and oxygen atoms in total. The van der Waals surface area contributed by atoms with Crippen molar-refractivity contribution in [3.63, 3.8) is 0 Å². The molecule has 1 aliphatic heterocycles. The molecule has 1 atom stereocenters. The van der Waals surface area contributed by atoms with Crippen LogP contribution in [0.25, 0.3) is 0 Å². The molecular formula is C18H28N2O2. The van der Waals surface area contributed by atoms with E-state index < -0.39 is 6.10 Å². The molecule has 1 aromatic carbocycles. The van der Waals surface area contributed by atoms with Gasteiger partial charge in [-0.2, -0.15) is 0 Å². The van der Waals surface area contributed by atoms with Crippen LogP contribution in [-0.2, 0) is 4.79 Å². The third-order valence-corrected chi connectivity index (χ3v) is 4.40. The minimum absolute atomic E-state index is 0.141. The molecule has 0 spiro atoms. The molecule has 1 fully saturated rings. The Balaban J connectivity index is 1.66. The van der Waals surface area contributed by atoms with Gasteiger partial charge in [0.15, 0.2) is 0 Å². The van der Waals surface area contributed by atoms with Gasteiger partial charge in [0, 0.05) is 12.5 Å². The van der Waals surface area contributed by atoms with E-state index in [2.05, 4.69) is 17.1 Å². The number of carbonyl (C=O) groups is 1. The van der Waals surface area contributed by atoms with Crippen LogP contribution >= 0.6 is 0 Å². The SMILES string of the molecule is CCCN1CCC(C(=O)NCCC(O)c2ccccc2)CC1. The molecule has 2 N–H and O–H groups in total. The van der Waals surface area contributed by atoms with E-state index >= 15 is 0 Å². The fourth-order valence-electron chi connectivity index (χ4n) is 3.05. The van der Waals surface area contributed by atoms with Crippen molar-refractivity contribution in [2.45, 2.75) is 38.7 Å². The number of hydrogen-bond acceptors (Lipinski definition) is 3. The second kappa shape index (κ2) is 8.91. The van der Waals surface area contributed by atoms with Crippen LogP contribution in [-0.4, -0.2) is 42.1 Å². The van der Waals surface area contributed by atoms with Crippen LogP contribution in [0, 0.1) is 5.92 Å². The summed E-state index contributed by atoms with van der Waals surface area (Å²) in [6.45, 7) is 5.91. The smallest absolute Gasteiger partial charge is 0.223 e. The summed E-state index contributed by atoms with van der Waals surface area (Å²) in [4.78, 5) is 14.6. The first-order chi connectivity index (χ1) is 10.7. The molecule has 22 heavy (non-hydrogen) atoms. The maximum atomic E-state index is 12.2. The van der Waals surface area contributed by atoms with Gasteiger partial charge in [0.2, 0.25) is 5.91 Å². The lowest BCUT2D eigenvalue weighted by Crippen LogP contribution is -2.41. The molecule has 1 unspecified atom stereocenters. The van der Waals surface area contributed by atoms with E-state index in [1.165, 1.54) is 6.42 Å². The van der Waals surface area contributed by atoms with E-state index in [0.29, 0.717) is 13.0 Å². The van der Waals surface area contributed by atoms with E-state index in [9.17, 15) is 9.90 Å². The van der Waals surface area contributed by atoms with Crippen LogP contribution in [0.2, 0.25) is 0 Å². The van der Waals surface area contributed by atoms with Gasteiger partial charge in [-0.1, -0.05) is 37.3 Å². The number of aliphatic hydroxyl groups excluding tert-OH is 1. The summed E-state index contributed by atoms with van der Waals surface area (Å²) in [5.74, 6) is 0.290. The Kier molecular flexibility index (Phi) is 6.87. The quantitative estimate of drug-likeness (QED) is 0.813. The van der Waals surface area contributed by atoms with Crippen LogP contribution in [0.3, 0.4) is 0 Å². The molecule has 1 aromatic rings. The van der Waals surface area contributed by atoms with Gasteiger partial charge in [-0.25, -0.2) is 0 Å². The predicted molar refractivity (Wildman–Crippen MR) is 88.5 cm³/mol. The first-order valence-electron chi connectivity index (χ1n) is 8.43. The molecule has 122 valence electrons. The summed E-state index contributed by atoms with van der Waals surface area (Å²) in [6.07, 6.45) is 3.13. The Morgan fingerprint density at radius 2 is 2.00 bits per heavy atom. The Hall–Kier alpha value is -1.39. The van der Waals surface area contributed by atoms with Crippen molar-refractivity contribution >= 4 is 5.91 Å². The third kappa shape index (κ3) is 5.11. The molecule has 1 saturated heterocycles. The first kappa shape index (κ1) is 17.0. The zero-order valence-electron chi connectivity index (χ0n) is 13.5. The van der Waals surface area contributed by atoms with E-state index in [1.54, 1.807) is 0 Å². The van der Waals surface area contributed by atoms with E-state index in [4.69, 9.17) is 0 Å². The minimum Gasteiger partial charge on any atom is -0.388 e. The van der Waals surface area contributed by atoms with Crippen molar-refractivity contribution in [3.05, 3.63) is 35.9 Å². The third-order valence-electron chi connectivity index (χ3n) is 4.40. The fourth-order valence-corrected chi connectivity index (χ4v) is 3.05. The Morgan fingerprint density at radius 3 is 2.64 bits per heavy atom. The molecule has 4 heteroatoms. The van der Waals surface area contributed by atoms with Gasteiger partial charge >= 0.3 is 0 Å². The van der Waals surface area contributed by atoms with Crippen molar-refractivity contribution < 1.29 is 9.90 Å². The molecule has 0 radical (unpaired) electrons. The lowest BCUT2D eigenvalue weighted by atomic mass is 9.95. The summed E-state index contributed by atoms with van der Waals surface area (Å²) < 4.78 is 0. The Bertz CT molecular complexity index is 442. The molecule has 0 aromatic heterocycles. The standard InChI is InChI=1S/C18H28N2O2/c1-2-12-20-13-9-16(10-14-20)18(22)19-11-8-17(21)15-6-4-3-5-7-15/h3-7,16-17,21H,2,8-14H2,1H3,(H,19,22). The second-order valence-corrected chi connectivity index (χ2v) is 6.12. The summed E-state index contributed by atoms with van der Waals surface area (Å²) in [5, 5.41) is 13.1. The molecule has 2 rings (SSSR count). The van der Waals surface area contributed by atoms with Gasteiger partial charge in [-0.3, -0.25) is 4.79 Å². The lowest BCUT2D eigenvalue weighted by molar-refractivity contribution is -0.126. The van der Waals surface area contributed by atoms with Gasteiger partial charge in [0.25, 0.3) is 0 Å². The average molecular weight is 304 g/mol. The lowest BCUT2D eigenvalue weighted by Gasteiger charge is -2.31.